The van der Waals surface area contributed by atoms with Crippen LogP contribution in [0.4, 0.5) is 0 Å². The van der Waals surface area contributed by atoms with Crippen molar-refractivity contribution in [2.45, 2.75) is 0 Å². The van der Waals surface area contributed by atoms with Gasteiger partial charge in [-0.2, -0.15) is 0 Å². The van der Waals surface area contributed by atoms with Gasteiger partial charge in [0.25, 0.3) is 0 Å². The predicted octanol–water partition coefficient (Wildman–Crippen LogP) is 3.18. The summed E-state index contributed by atoms with van der Waals surface area (Å²) in [5, 5.41) is 1.94. The van der Waals surface area contributed by atoms with Gasteiger partial charge in [-0.15, -0.1) is 6.42 Å². The first-order valence-corrected chi connectivity index (χ1v) is 5.02. The average molecular weight is 236 g/mol. The SMILES string of the molecule is C#CCBr.c1ccc2[nH]ccc2c1. The van der Waals surface area contributed by atoms with Crippen LogP contribution in [0.25, 0.3) is 10.9 Å². The molecule has 1 aromatic carbocycles. The lowest BCUT2D eigenvalue weighted by Crippen LogP contribution is -1.61. The van der Waals surface area contributed by atoms with Gasteiger partial charge in [0.15, 0.2) is 0 Å². The fraction of sp³-hybridized carbons (Fsp3) is 0.0909. The number of aromatic nitrogens is 1. The quantitative estimate of drug-likeness (QED) is 0.534. The highest BCUT2D eigenvalue weighted by Crippen LogP contribution is 2.09. The highest BCUT2D eigenvalue weighted by Gasteiger charge is 1.86. The summed E-state index contributed by atoms with van der Waals surface area (Å²) in [6.45, 7) is 0. The van der Waals surface area contributed by atoms with Crippen molar-refractivity contribution in [1.29, 1.82) is 0 Å². The van der Waals surface area contributed by atoms with Gasteiger partial charge in [-0.25, -0.2) is 0 Å². The fourth-order valence-corrected chi connectivity index (χ4v) is 0.995. The van der Waals surface area contributed by atoms with E-state index in [0.717, 1.165) is 0 Å². The number of hydrogen-bond acceptors (Lipinski definition) is 0. The Hall–Kier alpha value is -1.20. The minimum absolute atomic E-state index is 0.660. The molecule has 1 aromatic heterocycles. The molecule has 1 N–H and O–H groups in total. The third-order valence-electron chi connectivity index (χ3n) is 1.54. The molecule has 2 heteroatoms. The summed E-state index contributed by atoms with van der Waals surface area (Å²) in [5.74, 6) is 2.35. The lowest BCUT2D eigenvalue weighted by Gasteiger charge is -1.83. The van der Waals surface area contributed by atoms with Crippen LogP contribution in [0.2, 0.25) is 0 Å². The molecule has 0 radical (unpaired) electrons. The molecule has 0 amide bonds. The number of fused-ring (bicyclic) bond motifs is 1. The number of aromatic amines is 1. The Labute approximate surface area is 86.3 Å². The molecular formula is C11H10BrN. The minimum Gasteiger partial charge on any atom is -0.361 e. The predicted molar refractivity (Wildman–Crippen MR) is 60.9 cm³/mol. The van der Waals surface area contributed by atoms with E-state index in [1.54, 1.807) is 0 Å². The van der Waals surface area contributed by atoms with Crippen molar-refractivity contribution in [3.8, 4) is 12.3 Å². The van der Waals surface area contributed by atoms with Gasteiger partial charge < -0.3 is 4.98 Å². The number of terminal acetylenes is 1. The Morgan fingerprint density at radius 3 is 2.62 bits per heavy atom. The Kier molecular flexibility index (Phi) is 4.14. The lowest BCUT2D eigenvalue weighted by atomic mass is 10.3. The molecule has 2 rings (SSSR count). The molecule has 0 aliphatic heterocycles. The molecule has 0 saturated heterocycles. The Balaban J connectivity index is 0.000000184. The standard InChI is InChI=1S/C8H7N.C3H3Br/c1-2-4-8-7(3-1)5-6-9-8;1-2-3-4/h1-6,9H;1H,3H2. The van der Waals surface area contributed by atoms with Crippen LogP contribution in [-0.4, -0.2) is 10.3 Å². The monoisotopic (exact) mass is 235 g/mol. The van der Waals surface area contributed by atoms with E-state index in [4.69, 9.17) is 6.42 Å². The summed E-state index contributed by atoms with van der Waals surface area (Å²) < 4.78 is 0. The van der Waals surface area contributed by atoms with Crippen molar-refractivity contribution in [3.63, 3.8) is 0 Å². The molecular weight excluding hydrogens is 226 g/mol. The molecule has 1 nitrogen and oxygen atoms in total. The fourth-order valence-electron chi connectivity index (χ4n) is 0.995. The zero-order chi connectivity index (χ0) is 9.52. The van der Waals surface area contributed by atoms with E-state index in [2.05, 4.69) is 45.0 Å². The largest absolute Gasteiger partial charge is 0.361 e. The smallest absolute Gasteiger partial charge is 0.0642 e. The second kappa shape index (κ2) is 5.45. The average Bonchev–Trinajstić information content (AvgIpc) is 2.66. The van der Waals surface area contributed by atoms with Crippen LogP contribution < -0.4 is 0 Å². The first-order valence-electron chi connectivity index (χ1n) is 3.90. The maximum absolute atomic E-state index is 4.73. The summed E-state index contributed by atoms with van der Waals surface area (Å²) in [6, 6.07) is 10.3. The minimum atomic E-state index is 0.660. The second-order valence-corrected chi connectivity index (χ2v) is 2.96. The summed E-state index contributed by atoms with van der Waals surface area (Å²) >= 11 is 3.01. The van der Waals surface area contributed by atoms with Crippen LogP contribution in [0.1, 0.15) is 0 Å². The van der Waals surface area contributed by atoms with Gasteiger partial charge >= 0.3 is 0 Å². The van der Waals surface area contributed by atoms with Crippen molar-refractivity contribution in [1.82, 2.24) is 4.98 Å². The van der Waals surface area contributed by atoms with Crippen LogP contribution in [0, 0.1) is 12.3 Å². The molecule has 0 bridgehead atoms. The van der Waals surface area contributed by atoms with E-state index < -0.39 is 0 Å². The molecule has 1 heterocycles. The summed E-state index contributed by atoms with van der Waals surface area (Å²) in [7, 11) is 0. The summed E-state index contributed by atoms with van der Waals surface area (Å²) in [6.07, 6.45) is 6.68. The number of hydrogen-bond donors (Lipinski definition) is 1. The van der Waals surface area contributed by atoms with Crippen LogP contribution in [0.15, 0.2) is 36.5 Å². The Morgan fingerprint density at radius 1 is 1.31 bits per heavy atom. The van der Waals surface area contributed by atoms with E-state index in [1.165, 1.54) is 10.9 Å². The molecule has 0 atom stereocenters. The highest BCUT2D eigenvalue weighted by atomic mass is 79.9. The van der Waals surface area contributed by atoms with Crippen molar-refractivity contribution >= 4 is 26.8 Å². The zero-order valence-corrected chi connectivity index (χ0v) is 8.71. The molecule has 13 heavy (non-hydrogen) atoms. The molecule has 0 spiro atoms. The van der Waals surface area contributed by atoms with E-state index in [-0.39, 0.29) is 0 Å². The number of benzene rings is 1. The number of rotatable bonds is 0. The molecule has 0 unspecified atom stereocenters. The van der Waals surface area contributed by atoms with Gasteiger partial charge in [0.1, 0.15) is 0 Å². The van der Waals surface area contributed by atoms with Crippen LogP contribution >= 0.6 is 15.9 Å². The summed E-state index contributed by atoms with van der Waals surface area (Å²) in [5.41, 5.74) is 1.21. The third kappa shape index (κ3) is 2.96. The van der Waals surface area contributed by atoms with E-state index in [1.807, 2.05) is 18.3 Å². The van der Waals surface area contributed by atoms with Crippen LogP contribution in [0.3, 0.4) is 0 Å². The normalized spacial score (nSPS) is 8.62. The molecule has 0 aliphatic carbocycles. The van der Waals surface area contributed by atoms with Gasteiger partial charge in [-0.05, 0) is 17.5 Å². The van der Waals surface area contributed by atoms with Gasteiger partial charge in [0.2, 0.25) is 0 Å². The first kappa shape index (κ1) is 9.88. The highest BCUT2D eigenvalue weighted by molar-refractivity contribution is 9.09. The van der Waals surface area contributed by atoms with Crippen molar-refractivity contribution in [3.05, 3.63) is 36.5 Å². The van der Waals surface area contributed by atoms with Crippen molar-refractivity contribution in [2.75, 3.05) is 5.33 Å². The van der Waals surface area contributed by atoms with Crippen molar-refractivity contribution < 1.29 is 0 Å². The van der Waals surface area contributed by atoms with Crippen molar-refractivity contribution in [2.24, 2.45) is 0 Å². The number of nitrogens with one attached hydrogen (secondary N) is 1. The zero-order valence-electron chi connectivity index (χ0n) is 7.13. The van der Waals surface area contributed by atoms with Gasteiger partial charge in [0, 0.05) is 11.7 Å². The Morgan fingerprint density at radius 2 is 2.00 bits per heavy atom. The first-order chi connectivity index (χ1) is 6.38. The van der Waals surface area contributed by atoms with E-state index in [0.29, 0.717) is 5.33 Å². The van der Waals surface area contributed by atoms with Gasteiger partial charge in [-0.3, -0.25) is 0 Å². The molecule has 0 fully saturated rings. The third-order valence-corrected chi connectivity index (χ3v) is 1.86. The van der Waals surface area contributed by atoms with E-state index in [9.17, 15) is 0 Å². The summed E-state index contributed by atoms with van der Waals surface area (Å²) in [4.78, 5) is 3.12. The second-order valence-electron chi connectivity index (χ2n) is 2.40. The number of para-hydroxylation sites is 1. The number of H-pyrrole nitrogens is 1. The topological polar surface area (TPSA) is 15.8 Å². The lowest BCUT2D eigenvalue weighted by molar-refractivity contribution is 1.48. The van der Waals surface area contributed by atoms with Crippen LogP contribution in [-0.2, 0) is 0 Å². The van der Waals surface area contributed by atoms with E-state index >= 15 is 0 Å². The number of halogens is 1. The van der Waals surface area contributed by atoms with Gasteiger partial charge in [0.05, 0.1) is 5.33 Å². The van der Waals surface area contributed by atoms with Crippen LogP contribution in [0.5, 0.6) is 0 Å². The maximum Gasteiger partial charge on any atom is 0.0642 e. The molecule has 0 saturated carbocycles. The molecule has 66 valence electrons. The number of alkyl halides is 1. The maximum atomic E-state index is 4.73. The Bertz CT molecular complexity index is 367. The molecule has 0 aliphatic rings. The molecule has 2 aromatic rings. The van der Waals surface area contributed by atoms with Gasteiger partial charge in [-0.1, -0.05) is 40.0 Å².